The van der Waals surface area contributed by atoms with Gasteiger partial charge in [0.25, 0.3) is 5.82 Å². The maximum absolute atomic E-state index is 13.5. The number of H-pyrrole nitrogens is 1. The average Bonchev–Trinajstić information content (AvgIpc) is 2.95. The Hall–Kier alpha value is -1.48. The first-order valence-corrected chi connectivity index (χ1v) is 7.27. The third-order valence-electron chi connectivity index (χ3n) is 3.10. The van der Waals surface area contributed by atoms with Gasteiger partial charge in [-0.25, -0.2) is 10.3 Å². The molecule has 10 heteroatoms. The number of hydrogen-bond donors (Lipinski definition) is 1. The van der Waals surface area contributed by atoms with Gasteiger partial charge in [-0.15, -0.1) is 0 Å². The summed E-state index contributed by atoms with van der Waals surface area (Å²) in [5.74, 6) is -0.565. The highest BCUT2D eigenvalue weighted by atomic mass is 35.5. The van der Waals surface area contributed by atoms with E-state index in [0.717, 1.165) is 16.7 Å². The van der Waals surface area contributed by atoms with Crippen LogP contribution in [-0.2, 0) is 4.79 Å². The largest absolute Gasteiger partial charge is 0.464 e. The highest BCUT2D eigenvalue weighted by Gasteiger charge is 2.70. The summed E-state index contributed by atoms with van der Waals surface area (Å²) in [5, 5.41) is 2.60. The summed E-state index contributed by atoms with van der Waals surface area (Å²) in [4.78, 5) is 19.4. The highest BCUT2D eigenvalue weighted by Crippen LogP contribution is 2.42. The second-order valence-electron chi connectivity index (χ2n) is 4.45. The molecule has 1 atom stereocenters. The van der Waals surface area contributed by atoms with Crippen LogP contribution >= 0.6 is 23.4 Å². The fraction of sp³-hybridized carbons (Fsp3) is 0.364. The van der Waals surface area contributed by atoms with Gasteiger partial charge in [0.2, 0.25) is 0 Å². The van der Waals surface area contributed by atoms with Crippen LogP contribution in [0.3, 0.4) is 0 Å². The van der Waals surface area contributed by atoms with E-state index in [9.17, 15) is 18.0 Å². The number of nitrogens with zero attached hydrogens (tertiary/aromatic N) is 2. The molecule has 2 aliphatic rings. The van der Waals surface area contributed by atoms with Crippen LogP contribution in [-0.4, -0.2) is 40.1 Å². The Bertz CT molecular complexity index is 621. The number of alkyl halides is 3. The Balaban J connectivity index is 2.01. The first-order chi connectivity index (χ1) is 9.83. The molecule has 0 bridgehead atoms. The molecule has 0 saturated carbocycles. The summed E-state index contributed by atoms with van der Waals surface area (Å²) >= 11 is 6.80. The van der Waals surface area contributed by atoms with Crippen LogP contribution in [0.25, 0.3) is 0 Å². The summed E-state index contributed by atoms with van der Waals surface area (Å²) in [6, 6.07) is 2.73. The topological polar surface area (TPSA) is 58.8 Å². The molecular formula is C11H9ClF3N4OS+. The maximum atomic E-state index is 13.5. The molecule has 2 N–H and O–H groups in total. The minimum Gasteiger partial charge on any atom is -0.284 e. The molecule has 21 heavy (non-hydrogen) atoms. The van der Waals surface area contributed by atoms with Crippen LogP contribution < -0.4 is 10.3 Å². The van der Waals surface area contributed by atoms with Crippen molar-refractivity contribution >= 4 is 40.3 Å². The van der Waals surface area contributed by atoms with Gasteiger partial charge in [-0.1, -0.05) is 23.4 Å². The van der Waals surface area contributed by atoms with Crippen molar-refractivity contribution in [2.75, 3.05) is 17.6 Å². The summed E-state index contributed by atoms with van der Waals surface area (Å²) in [5.41, 5.74) is -2.99. The Labute approximate surface area is 126 Å². The molecule has 3 heterocycles. The second kappa shape index (κ2) is 4.77. The Morgan fingerprint density at radius 3 is 2.81 bits per heavy atom. The van der Waals surface area contributed by atoms with E-state index in [0.29, 0.717) is 10.8 Å². The van der Waals surface area contributed by atoms with Gasteiger partial charge in [0.1, 0.15) is 6.20 Å². The van der Waals surface area contributed by atoms with Crippen molar-refractivity contribution in [2.45, 2.75) is 11.8 Å². The Morgan fingerprint density at radius 1 is 1.48 bits per heavy atom. The van der Waals surface area contributed by atoms with Gasteiger partial charge in [0.15, 0.2) is 5.17 Å². The summed E-state index contributed by atoms with van der Waals surface area (Å²) in [6.45, 7) is 0.228. The third kappa shape index (κ3) is 2.24. The number of nitrogens with one attached hydrogen (secondary N) is 2. The molecule has 112 valence electrons. The Morgan fingerprint density at radius 2 is 2.24 bits per heavy atom. The molecule has 1 saturated heterocycles. The zero-order valence-corrected chi connectivity index (χ0v) is 11.9. The lowest BCUT2D eigenvalue weighted by atomic mass is 10.1. The number of carbonyl (C=O) groups is 1. The Kier molecular flexibility index (Phi) is 3.28. The third-order valence-corrected chi connectivity index (χ3v) is 4.29. The number of rotatable bonds is 2. The molecule has 1 aromatic rings. The maximum Gasteiger partial charge on any atom is 0.464 e. The molecular weight excluding hydrogens is 329 g/mol. The van der Waals surface area contributed by atoms with E-state index in [2.05, 4.69) is 15.3 Å². The fourth-order valence-electron chi connectivity index (χ4n) is 2.08. The van der Waals surface area contributed by atoms with E-state index in [1.54, 1.807) is 0 Å². The van der Waals surface area contributed by atoms with Gasteiger partial charge in [0.05, 0.1) is 5.02 Å². The van der Waals surface area contributed by atoms with Crippen LogP contribution in [0, 0.1) is 0 Å². The van der Waals surface area contributed by atoms with Gasteiger partial charge < -0.3 is 0 Å². The van der Waals surface area contributed by atoms with Crippen molar-refractivity contribution in [3.8, 4) is 0 Å². The van der Waals surface area contributed by atoms with Crippen LogP contribution in [0.2, 0.25) is 5.02 Å². The summed E-state index contributed by atoms with van der Waals surface area (Å²) in [6.07, 6.45) is -3.55. The van der Waals surface area contributed by atoms with E-state index in [1.165, 1.54) is 18.3 Å². The summed E-state index contributed by atoms with van der Waals surface area (Å²) in [7, 11) is 0. The van der Waals surface area contributed by atoms with Crippen molar-refractivity contribution in [3.63, 3.8) is 0 Å². The molecule has 1 fully saturated rings. The van der Waals surface area contributed by atoms with Crippen LogP contribution in [0.15, 0.2) is 23.3 Å². The molecule has 0 spiro atoms. The standard InChI is InChI=1S/C11H8ClF3N4OS/c12-6-1-2-7(16-5-6)17-10(11(13,14)15)8(20)19-3-4-21-9(19)18-10/h1-2,5H,3-4H2,(H,16,17)/p+1/t10-/m1/s1. The lowest BCUT2D eigenvalue weighted by Gasteiger charge is -2.24. The normalized spacial score (nSPS) is 25.0. The fourth-order valence-corrected chi connectivity index (χ4v) is 3.19. The minimum atomic E-state index is -4.87. The lowest BCUT2D eigenvalue weighted by Crippen LogP contribution is -2.58. The van der Waals surface area contributed by atoms with Gasteiger partial charge >= 0.3 is 17.7 Å². The van der Waals surface area contributed by atoms with Crippen molar-refractivity contribution in [1.29, 1.82) is 0 Å². The van der Waals surface area contributed by atoms with E-state index in [4.69, 9.17) is 11.6 Å². The molecule has 0 aromatic carbocycles. The molecule has 0 aliphatic carbocycles. The number of aromatic nitrogens is 1. The molecule has 2 aliphatic heterocycles. The van der Waals surface area contributed by atoms with Gasteiger partial charge in [-0.05, 0) is 6.07 Å². The number of carbonyl (C=O) groups excluding carboxylic acids is 1. The number of pyridine rings is 1. The van der Waals surface area contributed by atoms with Crippen molar-refractivity contribution in [1.82, 2.24) is 4.90 Å². The SMILES string of the molecule is O=C1N2CCSC2=N[C@@]1(Nc1ccc(Cl)c[nH+]1)C(F)(F)F. The van der Waals surface area contributed by atoms with Crippen LogP contribution in [0.4, 0.5) is 19.0 Å². The number of halogens is 4. The van der Waals surface area contributed by atoms with E-state index in [1.807, 2.05) is 0 Å². The second-order valence-corrected chi connectivity index (χ2v) is 5.95. The number of hydrogen-bond acceptors (Lipinski definition) is 4. The average molecular weight is 338 g/mol. The number of amidine groups is 1. The van der Waals surface area contributed by atoms with Gasteiger partial charge in [-0.3, -0.25) is 9.69 Å². The van der Waals surface area contributed by atoms with Gasteiger partial charge in [0, 0.05) is 18.4 Å². The zero-order chi connectivity index (χ0) is 15.3. The molecule has 5 nitrogen and oxygen atoms in total. The number of anilines is 1. The number of aliphatic imine (C=N–C) groups is 1. The monoisotopic (exact) mass is 337 g/mol. The predicted octanol–water partition coefficient (Wildman–Crippen LogP) is 1.77. The highest BCUT2D eigenvalue weighted by molar-refractivity contribution is 8.14. The quantitative estimate of drug-likeness (QED) is 0.894. The smallest absolute Gasteiger partial charge is 0.284 e. The molecule has 3 rings (SSSR count). The number of thioether (sulfide) groups is 1. The lowest BCUT2D eigenvalue weighted by molar-refractivity contribution is -0.362. The van der Waals surface area contributed by atoms with E-state index >= 15 is 0 Å². The molecule has 0 radical (unpaired) electrons. The van der Waals surface area contributed by atoms with Crippen molar-refractivity contribution in [2.24, 2.45) is 4.99 Å². The summed E-state index contributed by atoms with van der Waals surface area (Å²) < 4.78 is 40.4. The molecule has 0 unspecified atom stereocenters. The molecule has 1 aromatic heterocycles. The molecule has 1 amide bonds. The van der Waals surface area contributed by atoms with Gasteiger partial charge in [-0.2, -0.15) is 18.2 Å². The first kappa shape index (κ1) is 14.5. The predicted molar refractivity (Wildman–Crippen MR) is 72.0 cm³/mol. The van der Waals surface area contributed by atoms with Crippen molar-refractivity contribution < 1.29 is 22.9 Å². The first-order valence-electron chi connectivity index (χ1n) is 5.90. The zero-order valence-electron chi connectivity index (χ0n) is 10.4. The van der Waals surface area contributed by atoms with Crippen LogP contribution in [0.1, 0.15) is 0 Å². The minimum absolute atomic E-state index is 0.000554. The van der Waals surface area contributed by atoms with Crippen LogP contribution in [0.5, 0.6) is 0 Å². The van der Waals surface area contributed by atoms with E-state index < -0.39 is 17.7 Å². The number of fused-ring (bicyclic) bond motifs is 1. The number of amides is 1. The number of aromatic amines is 1. The van der Waals surface area contributed by atoms with Crippen molar-refractivity contribution in [3.05, 3.63) is 23.4 Å². The van der Waals surface area contributed by atoms with E-state index in [-0.39, 0.29) is 17.5 Å².